The van der Waals surface area contributed by atoms with Crippen molar-refractivity contribution in [3.05, 3.63) is 34.9 Å². The van der Waals surface area contributed by atoms with E-state index in [0.717, 1.165) is 63.6 Å². The Balaban J connectivity index is 0.00000156. The highest BCUT2D eigenvalue weighted by atomic mass is 35.5. The molecule has 0 saturated carbocycles. The summed E-state index contributed by atoms with van der Waals surface area (Å²) in [5.74, 6) is 1.01. The van der Waals surface area contributed by atoms with E-state index in [4.69, 9.17) is 11.6 Å². The lowest BCUT2D eigenvalue weighted by Gasteiger charge is -2.32. The smallest absolute Gasteiger partial charge is 0.224 e. The highest BCUT2D eigenvalue weighted by Gasteiger charge is 2.24. The number of nitrogens with zero attached hydrogens (tertiary/aromatic N) is 1. The zero-order valence-electron chi connectivity index (χ0n) is 14.4. The average Bonchev–Trinajstić information content (AvgIpc) is 3.11. The summed E-state index contributed by atoms with van der Waals surface area (Å²) in [4.78, 5) is 14.5. The van der Waals surface area contributed by atoms with Crippen LogP contribution in [0.1, 0.15) is 24.8 Å². The van der Waals surface area contributed by atoms with Crippen molar-refractivity contribution in [3.63, 3.8) is 0 Å². The molecule has 0 radical (unpaired) electrons. The second-order valence-electron chi connectivity index (χ2n) is 6.75. The number of amides is 1. The van der Waals surface area contributed by atoms with E-state index in [1.165, 1.54) is 5.56 Å². The Kier molecular flexibility index (Phi) is 10.1. The second kappa shape index (κ2) is 11.2. The molecule has 0 bridgehead atoms. The number of hydrogen-bond acceptors (Lipinski definition) is 3. The lowest BCUT2D eigenvalue weighted by Crippen LogP contribution is -2.40. The lowest BCUT2D eigenvalue weighted by molar-refractivity contribution is -0.124. The molecule has 2 fully saturated rings. The van der Waals surface area contributed by atoms with Gasteiger partial charge in [0.15, 0.2) is 0 Å². The van der Waals surface area contributed by atoms with Gasteiger partial charge < -0.3 is 10.6 Å². The molecule has 4 nitrogen and oxygen atoms in total. The zero-order chi connectivity index (χ0) is 16.1. The summed E-state index contributed by atoms with van der Waals surface area (Å²) in [5.41, 5.74) is 1.20. The number of hydrogen-bond donors (Lipinski definition) is 2. The van der Waals surface area contributed by atoms with Crippen LogP contribution in [0.25, 0.3) is 0 Å². The van der Waals surface area contributed by atoms with Gasteiger partial charge in [-0.1, -0.05) is 29.8 Å². The van der Waals surface area contributed by atoms with Crippen LogP contribution in [0.3, 0.4) is 0 Å². The number of carbonyl (C=O) groups excluding carboxylic acids is 1. The summed E-state index contributed by atoms with van der Waals surface area (Å²) in [6.45, 7) is 5.72. The maximum Gasteiger partial charge on any atom is 0.224 e. The van der Waals surface area contributed by atoms with E-state index < -0.39 is 0 Å². The van der Waals surface area contributed by atoms with Gasteiger partial charge in [0.1, 0.15) is 0 Å². The molecule has 1 amide bonds. The Morgan fingerprint density at radius 2 is 1.92 bits per heavy atom. The summed E-state index contributed by atoms with van der Waals surface area (Å²) in [5, 5.41) is 7.25. The molecule has 2 N–H and O–H groups in total. The maximum atomic E-state index is 12.1. The molecule has 3 rings (SSSR count). The van der Waals surface area contributed by atoms with Gasteiger partial charge in [-0.05, 0) is 56.4 Å². The van der Waals surface area contributed by atoms with Crippen molar-refractivity contribution in [1.82, 2.24) is 15.5 Å². The minimum absolute atomic E-state index is 0. The van der Waals surface area contributed by atoms with Crippen LogP contribution in [0.4, 0.5) is 0 Å². The van der Waals surface area contributed by atoms with Gasteiger partial charge in [0.05, 0.1) is 5.92 Å². The van der Waals surface area contributed by atoms with Crippen LogP contribution in [-0.2, 0) is 11.3 Å². The number of rotatable bonds is 5. The number of likely N-dealkylation sites (tertiary alicyclic amines) is 1. The Labute approximate surface area is 167 Å². The summed E-state index contributed by atoms with van der Waals surface area (Å²) in [7, 11) is 0. The molecule has 2 saturated heterocycles. The summed E-state index contributed by atoms with van der Waals surface area (Å²) in [6, 6.07) is 8.07. The highest BCUT2D eigenvalue weighted by Crippen LogP contribution is 2.22. The minimum Gasteiger partial charge on any atom is -0.356 e. The van der Waals surface area contributed by atoms with Crippen molar-refractivity contribution >= 4 is 42.3 Å². The van der Waals surface area contributed by atoms with Gasteiger partial charge in [-0.2, -0.15) is 0 Å². The normalized spacial score (nSPS) is 21.2. The van der Waals surface area contributed by atoms with Crippen molar-refractivity contribution in [3.8, 4) is 0 Å². The van der Waals surface area contributed by atoms with E-state index in [1.54, 1.807) is 0 Å². The number of carbonyl (C=O) groups is 1. The molecule has 1 unspecified atom stereocenters. The predicted molar refractivity (Wildman–Crippen MR) is 108 cm³/mol. The van der Waals surface area contributed by atoms with Crippen LogP contribution in [0.5, 0.6) is 0 Å². The van der Waals surface area contributed by atoms with Gasteiger partial charge in [0.2, 0.25) is 5.91 Å². The summed E-state index contributed by atoms with van der Waals surface area (Å²) < 4.78 is 0. The first kappa shape index (κ1) is 22.5. The van der Waals surface area contributed by atoms with Crippen molar-refractivity contribution in [2.75, 3.05) is 32.7 Å². The van der Waals surface area contributed by atoms with Crippen LogP contribution in [0.2, 0.25) is 5.02 Å². The SMILES string of the molecule is Cl.Cl.O=C(NCC1CCN(Cc2ccccc2Cl)CC1)C1CCNC1. The maximum absolute atomic E-state index is 12.1. The van der Waals surface area contributed by atoms with E-state index in [9.17, 15) is 4.79 Å². The van der Waals surface area contributed by atoms with Gasteiger partial charge in [0.25, 0.3) is 0 Å². The minimum atomic E-state index is 0. The Morgan fingerprint density at radius 3 is 2.56 bits per heavy atom. The van der Waals surface area contributed by atoms with Gasteiger partial charge in [0, 0.05) is 24.7 Å². The van der Waals surface area contributed by atoms with E-state index in [1.807, 2.05) is 18.2 Å². The molecule has 142 valence electrons. The average molecular weight is 409 g/mol. The fourth-order valence-electron chi connectivity index (χ4n) is 3.48. The van der Waals surface area contributed by atoms with Gasteiger partial charge >= 0.3 is 0 Å². The highest BCUT2D eigenvalue weighted by molar-refractivity contribution is 6.31. The number of piperidine rings is 1. The van der Waals surface area contributed by atoms with Crippen molar-refractivity contribution < 1.29 is 4.79 Å². The zero-order valence-corrected chi connectivity index (χ0v) is 16.8. The van der Waals surface area contributed by atoms with Gasteiger partial charge in [-0.15, -0.1) is 24.8 Å². The van der Waals surface area contributed by atoms with Crippen LogP contribution in [-0.4, -0.2) is 43.5 Å². The quantitative estimate of drug-likeness (QED) is 0.787. The first-order chi connectivity index (χ1) is 11.2. The van der Waals surface area contributed by atoms with Crippen LogP contribution in [0.15, 0.2) is 24.3 Å². The molecule has 25 heavy (non-hydrogen) atoms. The summed E-state index contributed by atoms with van der Waals surface area (Å²) >= 11 is 6.24. The molecule has 2 aliphatic rings. The lowest BCUT2D eigenvalue weighted by atomic mass is 9.96. The molecule has 1 aromatic carbocycles. The van der Waals surface area contributed by atoms with E-state index >= 15 is 0 Å². The second-order valence-corrected chi connectivity index (χ2v) is 7.15. The van der Waals surface area contributed by atoms with E-state index in [-0.39, 0.29) is 36.6 Å². The molecular formula is C18H28Cl3N3O. The topological polar surface area (TPSA) is 44.4 Å². The molecule has 2 heterocycles. The third-order valence-electron chi connectivity index (χ3n) is 5.06. The Morgan fingerprint density at radius 1 is 1.20 bits per heavy atom. The molecule has 2 aliphatic heterocycles. The predicted octanol–water partition coefficient (Wildman–Crippen LogP) is 3.12. The standard InChI is InChI=1S/C18H26ClN3O.2ClH/c19-17-4-2-1-3-16(17)13-22-9-6-14(7-10-22)11-21-18(23)15-5-8-20-12-15;;/h1-4,14-15,20H,5-13H2,(H,21,23);2*1H. The molecule has 7 heteroatoms. The van der Waals surface area contributed by atoms with Gasteiger partial charge in [-0.25, -0.2) is 0 Å². The fraction of sp³-hybridized carbons (Fsp3) is 0.611. The van der Waals surface area contributed by atoms with Crippen LogP contribution < -0.4 is 10.6 Å². The van der Waals surface area contributed by atoms with Crippen LogP contribution in [0, 0.1) is 11.8 Å². The van der Waals surface area contributed by atoms with Crippen molar-refractivity contribution in [2.24, 2.45) is 11.8 Å². The van der Waals surface area contributed by atoms with Crippen molar-refractivity contribution in [1.29, 1.82) is 0 Å². The largest absolute Gasteiger partial charge is 0.356 e. The number of nitrogens with one attached hydrogen (secondary N) is 2. The molecule has 0 spiro atoms. The number of halogens is 3. The molecule has 1 aromatic rings. The number of benzene rings is 1. The third kappa shape index (κ3) is 6.61. The molecule has 1 atom stereocenters. The molecule has 0 aliphatic carbocycles. The fourth-order valence-corrected chi connectivity index (χ4v) is 3.68. The van der Waals surface area contributed by atoms with E-state index in [0.29, 0.717) is 5.92 Å². The van der Waals surface area contributed by atoms with Crippen LogP contribution >= 0.6 is 36.4 Å². The molecule has 0 aromatic heterocycles. The van der Waals surface area contributed by atoms with Crippen molar-refractivity contribution in [2.45, 2.75) is 25.8 Å². The first-order valence-corrected chi connectivity index (χ1v) is 9.04. The third-order valence-corrected chi connectivity index (χ3v) is 5.42. The Bertz CT molecular complexity index is 530. The van der Waals surface area contributed by atoms with E-state index in [2.05, 4.69) is 21.6 Å². The first-order valence-electron chi connectivity index (χ1n) is 8.66. The van der Waals surface area contributed by atoms with Gasteiger partial charge in [-0.3, -0.25) is 9.69 Å². The molecular weight excluding hydrogens is 381 g/mol. The Hall–Kier alpha value is -0.520. The summed E-state index contributed by atoms with van der Waals surface area (Å²) in [6.07, 6.45) is 3.27. The monoisotopic (exact) mass is 407 g/mol.